The maximum atomic E-state index is 16.7. The molecule has 2 bridgehead atoms. The Bertz CT molecular complexity index is 1650. The Morgan fingerprint density at radius 3 is 2.93 bits per heavy atom. The number of anilines is 1. The van der Waals surface area contributed by atoms with Crippen LogP contribution in [0.4, 0.5) is 10.2 Å². The number of hydrogen-bond acceptors (Lipinski definition) is 8. The van der Waals surface area contributed by atoms with Crippen LogP contribution in [0.25, 0.3) is 32.8 Å². The molecule has 2 N–H and O–H groups in total. The molecule has 226 valence electrons. The highest BCUT2D eigenvalue weighted by atomic mass is 35.5. The Hall–Kier alpha value is -3.24. The monoisotopic (exact) mass is 605 g/mol. The molecule has 3 aromatic carbocycles. The maximum absolute atomic E-state index is 16.7. The van der Waals surface area contributed by atoms with Crippen LogP contribution >= 0.6 is 11.6 Å². The predicted octanol–water partition coefficient (Wildman–Crippen LogP) is 5.63. The van der Waals surface area contributed by atoms with Crippen molar-refractivity contribution in [3.63, 3.8) is 0 Å². The molecule has 0 amide bonds. The standard InChI is InChI=1S/C33H37ClFN5O3/c1-20-19-42-12-10-39(20)8-4-11-43-33-37-31-27(32(38-33)40-9-7-21-13-23(18-40)36-17-21)16-28(34)29(30(31)35)26-15-24(41)14-22-5-2-3-6-25(22)26/h2-3,5-6,14-16,20-21,23,36,41H,4,7-13,17-19H2,1H3/t20-,21?,23?/m0/s1. The molecule has 0 radical (unpaired) electrons. The predicted molar refractivity (Wildman–Crippen MR) is 168 cm³/mol. The van der Waals surface area contributed by atoms with Gasteiger partial charge in [0.15, 0.2) is 5.82 Å². The van der Waals surface area contributed by atoms with Crippen LogP contribution in [-0.4, -0.2) is 84.6 Å². The summed E-state index contributed by atoms with van der Waals surface area (Å²) in [6.45, 7) is 8.49. The SMILES string of the molecule is C[C@H]1COCCN1CCCOc1nc(N2CCC3CNC(C3)C2)c2cc(Cl)c(-c3cc(O)cc4ccccc34)c(F)c2n1. The molecule has 2 unspecified atom stereocenters. The lowest BCUT2D eigenvalue weighted by Crippen LogP contribution is -2.44. The smallest absolute Gasteiger partial charge is 0.319 e. The number of hydrogen-bond donors (Lipinski definition) is 2. The normalized spacial score (nSPS) is 22.8. The number of ether oxygens (including phenoxy) is 2. The summed E-state index contributed by atoms with van der Waals surface area (Å²) < 4.78 is 28.4. The number of phenols is 1. The van der Waals surface area contributed by atoms with Gasteiger partial charge in [-0.25, -0.2) is 4.39 Å². The summed E-state index contributed by atoms with van der Waals surface area (Å²) in [6.07, 6.45) is 2.96. The fourth-order valence-corrected chi connectivity index (χ4v) is 7.18. The number of benzene rings is 3. The fraction of sp³-hybridized carbons (Fsp3) is 0.455. The minimum atomic E-state index is -0.552. The van der Waals surface area contributed by atoms with Gasteiger partial charge in [0.2, 0.25) is 0 Å². The number of nitrogens with one attached hydrogen (secondary N) is 1. The lowest BCUT2D eigenvalue weighted by molar-refractivity contribution is -0.00211. The van der Waals surface area contributed by atoms with Crippen LogP contribution < -0.4 is 15.0 Å². The van der Waals surface area contributed by atoms with Gasteiger partial charge in [0, 0.05) is 49.2 Å². The number of rotatable bonds is 7. The van der Waals surface area contributed by atoms with Crippen molar-refractivity contribution < 1.29 is 19.0 Å². The Morgan fingerprint density at radius 2 is 2.05 bits per heavy atom. The summed E-state index contributed by atoms with van der Waals surface area (Å²) in [4.78, 5) is 14.1. The molecule has 0 saturated carbocycles. The van der Waals surface area contributed by atoms with Crippen LogP contribution in [0.5, 0.6) is 11.8 Å². The lowest BCUT2D eigenvalue weighted by atomic mass is 9.96. The van der Waals surface area contributed by atoms with Crippen LogP contribution in [0.3, 0.4) is 0 Å². The molecule has 3 saturated heterocycles. The topological polar surface area (TPSA) is 83.0 Å². The Morgan fingerprint density at radius 1 is 1.16 bits per heavy atom. The van der Waals surface area contributed by atoms with Crippen molar-refractivity contribution >= 4 is 39.1 Å². The van der Waals surface area contributed by atoms with Gasteiger partial charge in [-0.05, 0) is 73.2 Å². The van der Waals surface area contributed by atoms with E-state index in [0.717, 1.165) is 76.0 Å². The van der Waals surface area contributed by atoms with E-state index >= 15 is 4.39 Å². The van der Waals surface area contributed by atoms with Crippen molar-refractivity contribution in [2.75, 3.05) is 57.4 Å². The number of phenolic OH excluding ortho intramolecular Hbond substituents is 1. The third kappa shape index (κ3) is 5.71. The largest absolute Gasteiger partial charge is 0.508 e. The summed E-state index contributed by atoms with van der Waals surface area (Å²) in [6, 6.07) is 13.4. The quantitative estimate of drug-likeness (QED) is 0.263. The van der Waals surface area contributed by atoms with Crippen LogP contribution in [0.2, 0.25) is 5.02 Å². The molecular weight excluding hydrogens is 569 g/mol. The summed E-state index contributed by atoms with van der Waals surface area (Å²) in [5.41, 5.74) is 0.879. The minimum Gasteiger partial charge on any atom is -0.508 e. The summed E-state index contributed by atoms with van der Waals surface area (Å²) in [5.74, 6) is 0.762. The number of nitrogens with zero attached hydrogens (tertiary/aromatic N) is 4. The first-order valence-electron chi connectivity index (χ1n) is 15.3. The third-order valence-electron chi connectivity index (χ3n) is 9.14. The summed E-state index contributed by atoms with van der Waals surface area (Å²) in [7, 11) is 0. The zero-order valence-corrected chi connectivity index (χ0v) is 25.1. The average Bonchev–Trinajstić information content (AvgIpc) is 3.34. The van der Waals surface area contributed by atoms with E-state index in [1.54, 1.807) is 18.2 Å². The molecule has 0 spiro atoms. The third-order valence-corrected chi connectivity index (χ3v) is 9.44. The minimum absolute atomic E-state index is 0.0402. The highest BCUT2D eigenvalue weighted by molar-refractivity contribution is 6.35. The van der Waals surface area contributed by atoms with Gasteiger partial charge in [0.25, 0.3) is 0 Å². The van der Waals surface area contributed by atoms with E-state index in [0.29, 0.717) is 41.4 Å². The number of halogens is 2. The zero-order chi connectivity index (χ0) is 29.5. The van der Waals surface area contributed by atoms with Gasteiger partial charge in [-0.3, -0.25) is 4.90 Å². The van der Waals surface area contributed by atoms with E-state index in [9.17, 15) is 5.11 Å². The van der Waals surface area contributed by atoms with Gasteiger partial charge < -0.3 is 24.8 Å². The molecule has 3 aliphatic heterocycles. The van der Waals surface area contributed by atoms with Gasteiger partial charge >= 0.3 is 6.01 Å². The first-order valence-corrected chi connectivity index (χ1v) is 15.7. The number of fused-ring (bicyclic) bond motifs is 4. The highest BCUT2D eigenvalue weighted by Gasteiger charge is 2.32. The van der Waals surface area contributed by atoms with E-state index in [-0.39, 0.29) is 27.9 Å². The molecule has 4 aromatic rings. The molecule has 7 rings (SSSR count). The molecule has 43 heavy (non-hydrogen) atoms. The van der Waals surface area contributed by atoms with Gasteiger partial charge in [-0.15, -0.1) is 0 Å². The Labute approximate surface area is 255 Å². The molecule has 3 atom stereocenters. The van der Waals surface area contributed by atoms with Gasteiger partial charge in [-0.1, -0.05) is 35.9 Å². The highest BCUT2D eigenvalue weighted by Crippen LogP contribution is 2.42. The van der Waals surface area contributed by atoms with Crippen LogP contribution in [-0.2, 0) is 4.74 Å². The Balaban J connectivity index is 1.28. The average molecular weight is 606 g/mol. The van der Waals surface area contributed by atoms with E-state index < -0.39 is 5.82 Å². The molecule has 10 heteroatoms. The van der Waals surface area contributed by atoms with Crippen molar-refractivity contribution in [2.45, 2.75) is 38.3 Å². The number of aromatic hydroxyl groups is 1. The summed E-state index contributed by atoms with van der Waals surface area (Å²) >= 11 is 6.88. The van der Waals surface area contributed by atoms with Gasteiger partial charge in [0.05, 0.1) is 24.8 Å². The number of aromatic nitrogens is 2. The van der Waals surface area contributed by atoms with Crippen molar-refractivity contribution in [3.8, 4) is 22.9 Å². The Kier molecular flexibility index (Phi) is 7.98. The molecule has 4 heterocycles. The number of morpholine rings is 1. The molecule has 3 aliphatic rings. The molecule has 1 aromatic heterocycles. The molecule has 8 nitrogen and oxygen atoms in total. The molecule has 3 fully saturated rings. The van der Waals surface area contributed by atoms with Crippen LogP contribution in [0, 0.1) is 11.7 Å². The summed E-state index contributed by atoms with van der Waals surface area (Å²) in [5, 5.41) is 16.5. The van der Waals surface area contributed by atoms with E-state index in [1.807, 2.05) is 24.3 Å². The molecular formula is C33H37ClFN5O3. The zero-order valence-electron chi connectivity index (χ0n) is 24.4. The van der Waals surface area contributed by atoms with Gasteiger partial charge in [0.1, 0.15) is 17.1 Å². The van der Waals surface area contributed by atoms with Crippen molar-refractivity contribution in [1.82, 2.24) is 20.2 Å². The van der Waals surface area contributed by atoms with E-state index in [4.69, 9.17) is 26.1 Å². The fourth-order valence-electron chi connectivity index (χ4n) is 6.89. The molecule has 0 aliphatic carbocycles. The van der Waals surface area contributed by atoms with Crippen LogP contribution in [0.1, 0.15) is 26.2 Å². The van der Waals surface area contributed by atoms with E-state index in [1.165, 1.54) is 0 Å². The lowest BCUT2D eigenvalue weighted by Gasteiger charge is -2.33. The second kappa shape index (κ2) is 12.0. The van der Waals surface area contributed by atoms with Gasteiger partial charge in [-0.2, -0.15) is 9.97 Å². The van der Waals surface area contributed by atoms with Crippen LogP contribution in [0.15, 0.2) is 42.5 Å². The second-order valence-corrected chi connectivity index (χ2v) is 12.5. The first-order chi connectivity index (χ1) is 20.9. The van der Waals surface area contributed by atoms with Crippen molar-refractivity contribution in [2.24, 2.45) is 5.92 Å². The van der Waals surface area contributed by atoms with Crippen molar-refractivity contribution in [3.05, 3.63) is 53.3 Å². The first kappa shape index (κ1) is 28.5. The van der Waals surface area contributed by atoms with Crippen molar-refractivity contribution in [1.29, 1.82) is 0 Å². The second-order valence-electron chi connectivity index (χ2n) is 12.1. The maximum Gasteiger partial charge on any atom is 0.319 e. The van der Waals surface area contributed by atoms with E-state index in [2.05, 4.69) is 27.0 Å².